The van der Waals surface area contributed by atoms with Crippen LogP contribution in [0.4, 0.5) is 4.39 Å². The number of carbonyl (C=O) groups is 1. The third-order valence-corrected chi connectivity index (χ3v) is 4.54. The maximum Gasteiger partial charge on any atom is 0.313 e. The summed E-state index contributed by atoms with van der Waals surface area (Å²) in [4.78, 5) is 20.0. The highest BCUT2D eigenvalue weighted by Gasteiger charge is 2.15. The molecule has 0 amide bonds. The van der Waals surface area contributed by atoms with Crippen LogP contribution in [0.1, 0.15) is 4.88 Å². The van der Waals surface area contributed by atoms with Crippen LogP contribution in [0.25, 0.3) is 11.0 Å². The Balaban J connectivity index is 2.06. The highest BCUT2D eigenvalue weighted by molar-refractivity contribution is 7.99. The van der Waals surface area contributed by atoms with Gasteiger partial charge in [0, 0.05) is 11.1 Å². The van der Waals surface area contributed by atoms with Gasteiger partial charge in [-0.2, -0.15) is 0 Å². The van der Waals surface area contributed by atoms with Gasteiger partial charge in [0.25, 0.3) is 0 Å². The van der Waals surface area contributed by atoms with Gasteiger partial charge in [-0.05, 0) is 12.1 Å². The fourth-order valence-corrected chi connectivity index (χ4v) is 3.27. The second kappa shape index (κ2) is 5.82. The Morgan fingerprint density at radius 1 is 1.48 bits per heavy atom. The molecule has 0 atom stereocenters. The molecule has 0 unspecified atom stereocenters. The van der Waals surface area contributed by atoms with E-state index in [4.69, 9.17) is 5.11 Å². The fourth-order valence-electron chi connectivity index (χ4n) is 1.96. The number of halogens is 1. The summed E-state index contributed by atoms with van der Waals surface area (Å²) in [6.07, 6.45) is 1.74. The molecule has 0 fully saturated rings. The van der Waals surface area contributed by atoms with Gasteiger partial charge in [0.1, 0.15) is 5.52 Å². The third-order valence-electron chi connectivity index (χ3n) is 2.82. The van der Waals surface area contributed by atoms with Crippen molar-refractivity contribution in [2.75, 3.05) is 5.75 Å². The lowest BCUT2D eigenvalue weighted by molar-refractivity contribution is -0.133. The highest BCUT2D eigenvalue weighted by atomic mass is 32.2. The molecule has 0 aliphatic carbocycles. The lowest BCUT2D eigenvalue weighted by Crippen LogP contribution is -2.03. The van der Waals surface area contributed by atoms with Crippen molar-refractivity contribution >= 4 is 40.1 Å². The molecule has 0 radical (unpaired) electrons. The standard InChI is InChI=1S/C13H10FN3O2S2/c14-9-2-1-3-10-12(9)16-13(20-6-11(18)19)17(10)5-8-4-15-7-21-8/h1-4,7H,5-6H2,(H,18,19). The summed E-state index contributed by atoms with van der Waals surface area (Å²) >= 11 is 2.57. The van der Waals surface area contributed by atoms with Crippen molar-refractivity contribution in [1.29, 1.82) is 0 Å². The van der Waals surface area contributed by atoms with Crippen LogP contribution in [0.15, 0.2) is 35.1 Å². The Bertz CT molecular complexity index is 786. The molecule has 0 bridgehead atoms. The molecule has 3 aromatic rings. The number of aromatic nitrogens is 3. The minimum absolute atomic E-state index is 0.117. The van der Waals surface area contributed by atoms with Crippen LogP contribution in [0, 0.1) is 5.82 Å². The maximum atomic E-state index is 13.8. The molecule has 21 heavy (non-hydrogen) atoms. The van der Waals surface area contributed by atoms with Crippen LogP contribution in [0.5, 0.6) is 0 Å². The number of hydrogen-bond donors (Lipinski definition) is 1. The molecule has 1 N–H and O–H groups in total. The second-order valence-corrected chi connectivity index (χ2v) is 6.15. The molecular formula is C13H10FN3O2S2. The van der Waals surface area contributed by atoms with Crippen molar-refractivity contribution in [3.05, 3.63) is 40.6 Å². The molecule has 2 aromatic heterocycles. The van der Waals surface area contributed by atoms with Crippen molar-refractivity contribution in [3.8, 4) is 0 Å². The topological polar surface area (TPSA) is 68.0 Å². The predicted molar refractivity (Wildman–Crippen MR) is 79.3 cm³/mol. The van der Waals surface area contributed by atoms with E-state index in [0.717, 1.165) is 16.6 Å². The number of aliphatic carboxylic acids is 1. The summed E-state index contributed by atoms with van der Waals surface area (Å²) in [5.41, 5.74) is 2.63. The zero-order valence-corrected chi connectivity index (χ0v) is 12.3. The van der Waals surface area contributed by atoms with Gasteiger partial charge in [0.05, 0.1) is 23.3 Å². The number of para-hydroxylation sites is 1. The normalized spacial score (nSPS) is 11.1. The van der Waals surface area contributed by atoms with E-state index in [1.165, 1.54) is 17.4 Å². The number of imidazole rings is 1. The van der Waals surface area contributed by atoms with Gasteiger partial charge in [-0.25, -0.2) is 9.37 Å². The minimum atomic E-state index is -0.933. The molecule has 1 aromatic carbocycles. The van der Waals surface area contributed by atoms with Crippen molar-refractivity contribution in [2.24, 2.45) is 0 Å². The SMILES string of the molecule is O=C(O)CSc1nc2c(F)cccc2n1Cc1cncs1. The third kappa shape index (κ3) is 2.91. The van der Waals surface area contributed by atoms with Gasteiger partial charge < -0.3 is 9.67 Å². The molecular weight excluding hydrogens is 313 g/mol. The predicted octanol–water partition coefficient (Wildman–Crippen LogP) is 2.86. The van der Waals surface area contributed by atoms with E-state index in [1.54, 1.807) is 23.8 Å². The van der Waals surface area contributed by atoms with Gasteiger partial charge in [0.2, 0.25) is 0 Å². The van der Waals surface area contributed by atoms with E-state index in [2.05, 4.69) is 9.97 Å². The van der Waals surface area contributed by atoms with Gasteiger partial charge >= 0.3 is 5.97 Å². The molecule has 0 aliphatic heterocycles. The zero-order valence-electron chi connectivity index (χ0n) is 10.7. The molecule has 2 heterocycles. The Labute approximate surface area is 127 Å². The van der Waals surface area contributed by atoms with Gasteiger partial charge in [-0.3, -0.25) is 9.78 Å². The van der Waals surface area contributed by atoms with Crippen molar-refractivity contribution in [1.82, 2.24) is 14.5 Å². The number of hydrogen-bond acceptors (Lipinski definition) is 5. The Morgan fingerprint density at radius 3 is 3.05 bits per heavy atom. The van der Waals surface area contributed by atoms with Crippen molar-refractivity contribution < 1.29 is 14.3 Å². The largest absolute Gasteiger partial charge is 0.481 e. The second-order valence-electron chi connectivity index (χ2n) is 4.24. The van der Waals surface area contributed by atoms with Gasteiger partial charge in [0.15, 0.2) is 11.0 Å². The van der Waals surface area contributed by atoms with Crippen LogP contribution >= 0.6 is 23.1 Å². The first-order valence-corrected chi connectivity index (χ1v) is 7.88. The average Bonchev–Trinajstić information content (AvgIpc) is 3.07. The Kier molecular flexibility index (Phi) is 3.89. The van der Waals surface area contributed by atoms with E-state index >= 15 is 0 Å². The van der Waals surface area contributed by atoms with Gasteiger partial charge in [-0.15, -0.1) is 11.3 Å². The molecule has 5 nitrogen and oxygen atoms in total. The molecule has 0 saturated carbocycles. The number of carboxylic acids is 1. The van der Waals surface area contributed by atoms with Crippen LogP contribution in [-0.4, -0.2) is 31.4 Å². The number of thiazole rings is 1. The number of thioether (sulfide) groups is 1. The number of fused-ring (bicyclic) bond motifs is 1. The summed E-state index contributed by atoms with van der Waals surface area (Å²) in [6.45, 7) is 0.493. The monoisotopic (exact) mass is 323 g/mol. The van der Waals surface area contributed by atoms with Crippen LogP contribution < -0.4 is 0 Å². The quantitative estimate of drug-likeness (QED) is 0.731. The molecule has 0 spiro atoms. The fraction of sp³-hybridized carbons (Fsp3) is 0.154. The minimum Gasteiger partial charge on any atom is -0.481 e. The van der Waals surface area contributed by atoms with Crippen LogP contribution in [0.2, 0.25) is 0 Å². The summed E-state index contributed by atoms with van der Waals surface area (Å²) in [7, 11) is 0. The summed E-state index contributed by atoms with van der Waals surface area (Å²) in [5, 5.41) is 9.30. The smallest absolute Gasteiger partial charge is 0.313 e. The molecule has 0 aliphatic rings. The number of nitrogens with zero attached hydrogens (tertiary/aromatic N) is 3. The average molecular weight is 323 g/mol. The van der Waals surface area contributed by atoms with E-state index in [0.29, 0.717) is 17.2 Å². The summed E-state index contributed by atoms with van der Waals surface area (Å²) in [6, 6.07) is 4.74. The number of rotatable bonds is 5. The number of benzene rings is 1. The summed E-state index contributed by atoms with van der Waals surface area (Å²) < 4.78 is 15.7. The van der Waals surface area contributed by atoms with E-state index < -0.39 is 11.8 Å². The van der Waals surface area contributed by atoms with E-state index in [1.807, 2.05) is 4.57 Å². The Hall–Kier alpha value is -1.93. The summed E-state index contributed by atoms with van der Waals surface area (Å²) in [5.74, 6) is -1.46. The number of carboxylic acid groups (broad SMARTS) is 1. The zero-order chi connectivity index (χ0) is 14.8. The molecule has 0 saturated heterocycles. The van der Waals surface area contributed by atoms with Crippen molar-refractivity contribution in [2.45, 2.75) is 11.7 Å². The Morgan fingerprint density at radius 2 is 2.33 bits per heavy atom. The molecule has 3 rings (SSSR count). The molecule has 8 heteroatoms. The highest BCUT2D eigenvalue weighted by Crippen LogP contribution is 2.27. The van der Waals surface area contributed by atoms with Gasteiger partial charge in [-0.1, -0.05) is 17.8 Å². The first kappa shape index (κ1) is 14.0. The lowest BCUT2D eigenvalue weighted by atomic mass is 10.3. The van der Waals surface area contributed by atoms with Crippen molar-refractivity contribution in [3.63, 3.8) is 0 Å². The van der Waals surface area contributed by atoms with Crippen LogP contribution in [-0.2, 0) is 11.3 Å². The lowest BCUT2D eigenvalue weighted by Gasteiger charge is -2.06. The van der Waals surface area contributed by atoms with E-state index in [9.17, 15) is 9.18 Å². The first-order chi connectivity index (χ1) is 10.1. The first-order valence-electron chi connectivity index (χ1n) is 6.02. The maximum absolute atomic E-state index is 13.8. The van der Waals surface area contributed by atoms with Crippen LogP contribution in [0.3, 0.4) is 0 Å². The molecule has 108 valence electrons. The van der Waals surface area contributed by atoms with E-state index in [-0.39, 0.29) is 11.3 Å².